The highest BCUT2D eigenvalue weighted by molar-refractivity contribution is 7.91. The Bertz CT molecular complexity index is 557. The molecule has 2 rings (SSSR count). The van der Waals surface area contributed by atoms with E-state index in [1.807, 2.05) is 12.3 Å². The fourth-order valence-corrected chi connectivity index (χ4v) is 4.40. The van der Waals surface area contributed by atoms with Gasteiger partial charge in [0, 0.05) is 24.7 Å². The number of rotatable bonds is 4. The SMILES string of the molecule is CCc1cnccc1C(N)C1CCCC(S(C)(=O)=O)C1. The van der Waals surface area contributed by atoms with Gasteiger partial charge in [-0.05, 0) is 48.8 Å². The van der Waals surface area contributed by atoms with Gasteiger partial charge in [-0.25, -0.2) is 8.42 Å². The van der Waals surface area contributed by atoms with Crippen molar-refractivity contribution in [3.63, 3.8) is 0 Å². The summed E-state index contributed by atoms with van der Waals surface area (Å²) in [6.07, 6.45) is 9.30. The summed E-state index contributed by atoms with van der Waals surface area (Å²) in [6.45, 7) is 2.09. The molecule has 2 N–H and O–H groups in total. The largest absolute Gasteiger partial charge is 0.324 e. The molecule has 112 valence electrons. The summed E-state index contributed by atoms with van der Waals surface area (Å²) in [5, 5.41) is -0.223. The molecule has 4 nitrogen and oxygen atoms in total. The molecule has 20 heavy (non-hydrogen) atoms. The molecule has 1 heterocycles. The van der Waals surface area contributed by atoms with Crippen molar-refractivity contribution in [2.75, 3.05) is 6.26 Å². The van der Waals surface area contributed by atoms with Crippen molar-refractivity contribution >= 4 is 9.84 Å². The van der Waals surface area contributed by atoms with Gasteiger partial charge in [0.15, 0.2) is 0 Å². The quantitative estimate of drug-likeness (QED) is 0.925. The van der Waals surface area contributed by atoms with E-state index in [0.29, 0.717) is 6.42 Å². The summed E-state index contributed by atoms with van der Waals surface area (Å²) >= 11 is 0. The summed E-state index contributed by atoms with van der Waals surface area (Å²) in [5.74, 6) is 0.246. The number of hydrogen-bond donors (Lipinski definition) is 1. The van der Waals surface area contributed by atoms with Gasteiger partial charge in [0.1, 0.15) is 9.84 Å². The predicted molar refractivity (Wildman–Crippen MR) is 81.1 cm³/mol. The molecule has 0 spiro atoms. The minimum atomic E-state index is -2.96. The lowest BCUT2D eigenvalue weighted by Crippen LogP contribution is -2.33. The highest BCUT2D eigenvalue weighted by atomic mass is 32.2. The van der Waals surface area contributed by atoms with Crippen molar-refractivity contribution in [1.82, 2.24) is 4.98 Å². The van der Waals surface area contributed by atoms with E-state index in [-0.39, 0.29) is 17.2 Å². The summed E-state index contributed by atoms with van der Waals surface area (Å²) in [4.78, 5) is 4.15. The lowest BCUT2D eigenvalue weighted by Gasteiger charge is -2.32. The first-order valence-electron chi connectivity index (χ1n) is 7.30. The standard InChI is InChI=1S/C15H24N2O2S/c1-3-11-10-17-8-7-14(11)15(16)12-5-4-6-13(9-12)20(2,18)19/h7-8,10,12-13,15H,3-6,9,16H2,1-2H3. The van der Waals surface area contributed by atoms with Crippen molar-refractivity contribution in [2.24, 2.45) is 11.7 Å². The predicted octanol–water partition coefficient (Wildman–Crippen LogP) is 2.25. The number of aromatic nitrogens is 1. The average Bonchev–Trinajstić information content (AvgIpc) is 2.45. The molecule has 1 aromatic rings. The summed E-state index contributed by atoms with van der Waals surface area (Å²) in [7, 11) is -2.96. The van der Waals surface area contributed by atoms with Crippen LogP contribution in [0.2, 0.25) is 0 Å². The van der Waals surface area contributed by atoms with Gasteiger partial charge in [0.25, 0.3) is 0 Å². The molecular formula is C15H24N2O2S. The molecule has 3 atom stereocenters. The Labute approximate surface area is 121 Å². The minimum absolute atomic E-state index is 0.0856. The molecule has 1 fully saturated rings. The first-order valence-corrected chi connectivity index (χ1v) is 9.26. The number of aryl methyl sites for hydroxylation is 1. The molecule has 1 aromatic heterocycles. The smallest absolute Gasteiger partial charge is 0.150 e. The zero-order valence-electron chi connectivity index (χ0n) is 12.2. The van der Waals surface area contributed by atoms with Crippen LogP contribution in [0.1, 0.15) is 49.8 Å². The average molecular weight is 296 g/mol. The zero-order valence-corrected chi connectivity index (χ0v) is 13.1. The van der Waals surface area contributed by atoms with Crippen molar-refractivity contribution in [3.05, 3.63) is 29.6 Å². The molecule has 0 aliphatic heterocycles. The Hall–Kier alpha value is -0.940. The van der Waals surface area contributed by atoms with E-state index in [9.17, 15) is 8.42 Å². The highest BCUT2D eigenvalue weighted by Gasteiger charge is 2.32. The van der Waals surface area contributed by atoms with Crippen molar-refractivity contribution in [1.29, 1.82) is 0 Å². The Kier molecular flexibility index (Phi) is 4.81. The van der Waals surface area contributed by atoms with Crippen LogP contribution >= 0.6 is 0 Å². The Morgan fingerprint density at radius 2 is 2.20 bits per heavy atom. The third kappa shape index (κ3) is 3.38. The number of sulfone groups is 1. The molecule has 1 saturated carbocycles. The van der Waals surface area contributed by atoms with Gasteiger partial charge in [-0.2, -0.15) is 0 Å². The first kappa shape index (κ1) is 15.4. The van der Waals surface area contributed by atoms with Gasteiger partial charge in [0.05, 0.1) is 5.25 Å². The lowest BCUT2D eigenvalue weighted by atomic mass is 9.80. The van der Waals surface area contributed by atoms with Crippen LogP contribution in [0.15, 0.2) is 18.5 Å². The molecule has 0 saturated heterocycles. The second-order valence-corrected chi connectivity index (χ2v) is 8.16. The maximum absolute atomic E-state index is 11.8. The van der Waals surface area contributed by atoms with E-state index in [1.54, 1.807) is 6.20 Å². The molecule has 1 aliphatic rings. The highest BCUT2D eigenvalue weighted by Crippen LogP contribution is 2.36. The molecule has 3 unspecified atom stereocenters. The fourth-order valence-electron chi connectivity index (χ4n) is 3.21. The normalized spacial score (nSPS) is 25.4. The van der Waals surface area contributed by atoms with E-state index < -0.39 is 9.84 Å². The van der Waals surface area contributed by atoms with Crippen LogP contribution in [0.25, 0.3) is 0 Å². The number of nitrogens with zero attached hydrogens (tertiary/aromatic N) is 1. The van der Waals surface area contributed by atoms with Crippen LogP contribution in [-0.4, -0.2) is 24.9 Å². The van der Waals surface area contributed by atoms with Gasteiger partial charge in [0.2, 0.25) is 0 Å². The van der Waals surface area contributed by atoms with Crippen LogP contribution < -0.4 is 5.73 Å². The molecular weight excluding hydrogens is 272 g/mol. The third-order valence-corrected chi connectivity index (χ3v) is 6.10. The molecule has 0 amide bonds. The molecule has 0 aromatic carbocycles. The zero-order chi connectivity index (χ0) is 14.8. The second kappa shape index (κ2) is 6.22. The van der Waals surface area contributed by atoms with Gasteiger partial charge in [-0.1, -0.05) is 13.3 Å². The van der Waals surface area contributed by atoms with E-state index in [1.165, 1.54) is 11.8 Å². The Morgan fingerprint density at radius 3 is 2.85 bits per heavy atom. The summed E-state index contributed by atoms with van der Waals surface area (Å²) < 4.78 is 23.5. The first-order chi connectivity index (χ1) is 9.43. The van der Waals surface area contributed by atoms with E-state index >= 15 is 0 Å². The van der Waals surface area contributed by atoms with Crippen LogP contribution in [0.3, 0.4) is 0 Å². The topological polar surface area (TPSA) is 73.0 Å². The lowest BCUT2D eigenvalue weighted by molar-refractivity contribution is 0.308. The number of pyridine rings is 1. The minimum Gasteiger partial charge on any atom is -0.324 e. The van der Waals surface area contributed by atoms with Crippen LogP contribution in [0.5, 0.6) is 0 Å². The Balaban J connectivity index is 2.18. The van der Waals surface area contributed by atoms with Crippen molar-refractivity contribution in [3.8, 4) is 0 Å². The number of nitrogens with two attached hydrogens (primary N) is 1. The number of hydrogen-bond acceptors (Lipinski definition) is 4. The van der Waals surface area contributed by atoms with E-state index in [2.05, 4.69) is 11.9 Å². The summed E-state index contributed by atoms with van der Waals surface area (Å²) in [6, 6.07) is 1.89. The monoisotopic (exact) mass is 296 g/mol. The van der Waals surface area contributed by atoms with Gasteiger partial charge < -0.3 is 5.73 Å². The van der Waals surface area contributed by atoms with E-state index in [4.69, 9.17) is 5.73 Å². The molecule has 0 bridgehead atoms. The maximum atomic E-state index is 11.8. The summed E-state index contributed by atoms with van der Waals surface area (Å²) in [5.41, 5.74) is 8.72. The van der Waals surface area contributed by atoms with Gasteiger partial charge in [-0.3, -0.25) is 4.98 Å². The second-order valence-electron chi connectivity index (χ2n) is 5.83. The van der Waals surface area contributed by atoms with Crippen molar-refractivity contribution in [2.45, 2.75) is 50.3 Å². The molecule has 5 heteroatoms. The van der Waals surface area contributed by atoms with Gasteiger partial charge in [-0.15, -0.1) is 0 Å². The Morgan fingerprint density at radius 1 is 1.45 bits per heavy atom. The molecule has 0 radical (unpaired) electrons. The van der Waals surface area contributed by atoms with Crippen molar-refractivity contribution < 1.29 is 8.42 Å². The maximum Gasteiger partial charge on any atom is 0.150 e. The van der Waals surface area contributed by atoms with Crippen LogP contribution in [-0.2, 0) is 16.3 Å². The third-order valence-electron chi connectivity index (χ3n) is 4.46. The van der Waals surface area contributed by atoms with Crippen LogP contribution in [0.4, 0.5) is 0 Å². The van der Waals surface area contributed by atoms with Gasteiger partial charge >= 0.3 is 0 Å². The van der Waals surface area contributed by atoms with Crippen LogP contribution in [0, 0.1) is 5.92 Å². The molecule has 1 aliphatic carbocycles. The fraction of sp³-hybridized carbons (Fsp3) is 0.667. The van der Waals surface area contributed by atoms with E-state index in [0.717, 1.165) is 31.2 Å².